The molecule has 0 atom stereocenters. The summed E-state index contributed by atoms with van der Waals surface area (Å²) < 4.78 is 21.7. The van der Waals surface area contributed by atoms with Gasteiger partial charge < -0.3 is 9.64 Å². The van der Waals surface area contributed by atoms with Crippen LogP contribution >= 0.6 is 0 Å². The van der Waals surface area contributed by atoms with Gasteiger partial charge in [-0.05, 0) is 30.3 Å². The highest BCUT2D eigenvalue weighted by molar-refractivity contribution is 5.77. The molecule has 0 spiro atoms. The molecule has 0 aliphatic carbocycles. The molecule has 4 aromatic rings. The minimum Gasteiger partial charge on any atom is -0.481 e. The fourth-order valence-electron chi connectivity index (χ4n) is 3.68. The Morgan fingerprint density at radius 2 is 2.03 bits per heavy atom. The lowest BCUT2D eigenvalue weighted by Gasteiger charge is -2.15. The number of ether oxygens (including phenoxy) is 1. The van der Waals surface area contributed by atoms with E-state index >= 15 is 0 Å². The van der Waals surface area contributed by atoms with Crippen molar-refractivity contribution in [3.8, 4) is 17.1 Å². The summed E-state index contributed by atoms with van der Waals surface area (Å²) in [5.41, 5.74) is 2.95. The second kappa shape index (κ2) is 7.31. The number of fused-ring (bicyclic) bond motifs is 2. The highest BCUT2D eigenvalue weighted by atomic mass is 19.1. The van der Waals surface area contributed by atoms with Crippen LogP contribution in [0.25, 0.3) is 16.9 Å². The van der Waals surface area contributed by atoms with E-state index in [0.717, 1.165) is 11.1 Å². The number of rotatable bonds is 4. The van der Waals surface area contributed by atoms with E-state index in [4.69, 9.17) is 4.74 Å². The number of hydrogen-bond donors (Lipinski definition) is 0. The fraction of sp³-hybridized carbons (Fsp3) is 0.190. The van der Waals surface area contributed by atoms with E-state index in [1.807, 2.05) is 0 Å². The molecule has 0 saturated carbocycles. The largest absolute Gasteiger partial charge is 0.481 e. The minimum atomic E-state index is -0.477. The minimum absolute atomic E-state index is 0.102. The number of benzene rings is 1. The summed E-state index contributed by atoms with van der Waals surface area (Å²) in [6.45, 7) is 0.489. The number of amides is 1. The first kappa shape index (κ1) is 18.9. The van der Waals surface area contributed by atoms with Crippen molar-refractivity contribution in [1.29, 1.82) is 0 Å². The molecule has 4 heterocycles. The predicted molar refractivity (Wildman–Crippen MR) is 108 cm³/mol. The van der Waals surface area contributed by atoms with Crippen LogP contribution in [-0.4, -0.2) is 42.1 Å². The molecule has 156 valence electrons. The van der Waals surface area contributed by atoms with E-state index in [2.05, 4.69) is 15.1 Å². The van der Waals surface area contributed by atoms with Crippen molar-refractivity contribution in [1.82, 2.24) is 29.0 Å². The molecular weight excluding hydrogens is 403 g/mol. The van der Waals surface area contributed by atoms with Crippen LogP contribution in [0.3, 0.4) is 0 Å². The highest BCUT2D eigenvalue weighted by Gasteiger charge is 2.30. The Balaban J connectivity index is 1.46. The van der Waals surface area contributed by atoms with Crippen LogP contribution < -0.4 is 10.4 Å². The average Bonchev–Trinajstić information content (AvgIpc) is 3.38. The van der Waals surface area contributed by atoms with Crippen LogP contribution in [-0.2, 0) is 24.4 Å². The molecule has 1 aliphatic rings. The lowest BCUT2D eigenvalue weighted by Crippen LogP contribution is -2.33. The van der Waals surface area contributed by atoms with E-state index in [9.17, 15) is 14.0 Å². The number of halogens is 1. The molecule has 0 radical (unpaired) electrons. The summed E-state index contributed by atoms with van der Waals surface area (Å²) in [6, 6.07) is 9.44. The number of aromatic nitrogens is 5. The monoisotopic (exact) mass is 420 g/mol. The van der Waals surface area contributed by atoms with Crippen molar-refractivity contribution in [2.45, 2.75) is 19.6 Å². The summed E-state index contributed by atoms with van der Waals surface area (Å²) in [5, 5.41) is 4.56. The molecule has 3 aromatic heterocycles. The number of methoxy groups -OCH3 is 1. The van der Waals surface area contributed by atoms with Gasteiger partial charge in [-0.1, -0.05) is 0 Å². The third kappa shape index (κ3) is 3.31. The average molecular weight is 420 g/mol. The zero-order valence-corrected chi connectivity index (χ0v) is 16.5. The Hall–Kier alpha value is -4.08. The maximum absolute atomic E-state index is 13.2. The molecule has 0 saturated heterocycles. The number of carbonyl (C=O) groups excluding carboxylic acids is 1. The van der Waals surface area contributed by atoms with Gasteiger partial charge in [0.15, 0.2) is 5.65 Å². The van der Waals surface area contributed by atoms with Crippen LogP contribution in [0, 0.1) is 5.82 Å². The quantitative estimate of drug-likeness (QED) is 0.498. The van der Waals surface area contributed by atoms with E-state index in [1.165, 1.54) is 36.2 Å². The first-order chi connectivity index (χ1) is 15.0. The summed E-state index contributed by atoms with van der Waals surface area (Å²) in [6.07, 6.45) is 2.92. The predicted octanol–water partition coefficient (Wildman–Crippen LogP) is 1.64. The lowest BCUT2D eigenvalue weighted by atomic mass is 10.1. The van der Waals surface area contributed by atoms with E-state index in [1.54, 1.807) is 33.7 Å². The first-order valence-electron chi connectivity index (χ1n) is 9.54. The molecule has 0 fully saturated rings. The van der Waals surface area contributed by atoms with Crippen molar-refractivity contribution < 1.29 is 13.9 Å². The van der Waals surface area contributed by atoms with E-state index in [-0.39, 0.29) is 18.3 Å². The Kier molecular flexibility index (Phi) is 4.46. The Labute approximate surface area is 175 Å². The van der Waals surface area contributed by atoms with Gasteiger partial charge in [0.1, 0.15) is 12.4 Å². The zero-order chi connectivity index (χ0) is 21.5. The lowest BCUT2D eigenvalue weighted by molar-refractivity contribution is -0.132. The van der Waals surface area contributed by atoms with E-state index < -0.39 is 5.69 Å². The zero-order valence-electron chi connectivity index (χ0n) is 16.5. The molecule has 1 aromatic carbocycles. The van der Waals surface area contributed by atoms with Gasteiger partial charge in [0.05, 0.1) is 37.2 Å². The molecule has 9 nitrogen and oxygen atoms in total. The molecule has 0 bridgehead atoms. The molecule has 5 rings (SSSR count). The molecule has 0 unspecified atom stereocenters. The summed E-state index contributed by atoms with van der Waals surface area (Å²) in [7, 11) is 1.54. The van der Waals surface area contributed by atoms with Crippen molar-refractivity contribution in [3.63, 3.8) is 0 Å². The van der Waals surface area contributed by atoms with Gasteiger partial charge in [0.25, 0.3) is 0 Å². The van der Waals surface area contributed by atoms with Crippen molar-refractivity contribution >= 4 is 11.6 Å². The van der Waals surface area contributed by atoms with Crippen molar-refractivity contribution in [2.75, 3.05) is 7.11 Å². The van der Waals surface area contributed by atoms with Crippen LogP contribution in [0.2, 0.25) is 0 Å². The van der Waals surface area contributed by atoms with Crippen LogP contribution in [0.5, 0.6) is 5.88 Å². The topological polar surface area (TPSA) is 94.6 Å². The SMILES string of the molecule is COc1c2c(nc3cc(-c4ccc(F)cc4)nn13)CN(C(=O)Cn1cccnc1=O)C2. The van der Waals surface area contributed by atoms with Gasteiger partial charge in [0.2, 0.25) is 11.8 Å². The van der Waals surface area contributed by atoms with Crippen LogP contribution in [0.15, 0.2) is 53.6 Å². The summed E-state index contributed by atoms with van der Waals surface area (Å²) in [4.78, 5) is 34.5. The molecule has 1 aliphatic heterocycles. The Bertz CT molecular complexity index is 1360. The third-order valence-electron chi connectivity index (χ3n) is 5.20. The van der Waals surface area contributed by atoms with Gasteiger partial charge in [0, 0.05) is 24.0 Å². The van der Waals surface area contributed by atoms with Gasteiger partial charge in [-0.2, -0.15) is 9.61 Å². The van der Waals surface area contributed by atoms with Gasteiger partial charge in [-0.3, -0.25) is 9.36 Å². The molecule has 10 heteroatoms. The smallest absolute Gasteiger partial charge is 0.347 e. The second-order valence-electron chi connectivity index (χ2n) is 7.13. The maximum atomic E-state index is 13.2. The molecule has 31 heavy (non-hydrogen) atoms. The summed E-state index contributed by atoms with van der Waals surface area (Å²) in [5.74, 6) is -0.0532. The van der Waals surface area contributed by atoms with E-state index in [0.29, 0.717) is 36.0 Å². The first-order valence-corrected chi connectivity index (χ1v) is 9.54. The molecular formula is C21H17FN6O3. The Morgan fingerprint density at radius 1 is 1.23 bits per heavy atom. The fourth-order valence-corrected chi connectivity index (χ4v) is 3.68. The molecule has 1 amide bonds. The van der Waals surface area contributed by atoms with Gasteiger partial charge in [-0.15, -0.1) is 0 Å². The van der Waals surface area contributed by atoms with Crippen LogP contribution in [0.1, 0.15) is 11.3 Å². The normalized spacial score (nSPS) is 12.9. The van der Waals surface area contributed by atoms with Crippen molar-refractivity contribution in [3.05, 3.63) is 76.4 Å². The van der Waals surface area contributed by atoms with Crippen molar-refractivity contribution in [2.24, 2.45) is 0 Å². The summed E-state index contributed by atoms with van der Waals surface area (Å²) >= 11 is 0. The number of nitrogens with zero attached hydrogens (tertiary/aromatic N) is 6. The highest BCUT2D eigenvalue weighted by Crippen LogP contribution is 2.32. The number of carbonyl (C=O) groups is 1. The van der Waals surface area contributed by atoms with Gasteiger partial charge >= 0.3 is 5.69 Å². The maximum Gasteiger partial charge on any atom is 0.347 e. The number of hydrogen-bond acceptors (Lipinski definition) is 6. The molecule has 0 N–H and O–H groups in total. The van der Waals surface area contributed by atoms with Gasteiger partial charge in [-0.25, -0.2) is 19.2 Å². The third-order valence-corrected chi connectivity index (χ3v) is 5.20. The standard InChI is InChI=1S/C21H17FN6O3/c1-31-20-15-10-27(19(29)12-26-8-2-7-23-21(26)30)11-17(15)24-18-9-16(25-28(18)20)13-3-5-14(22)6-4-13/h2-9H,10-12H2,1H3. The second-order valence-corrected chi connectivity index (χ2v) is 7.13. The van der Waals surface area contributed by atoms with Crippen LogP contribution in [0.4, 0.5) is 4.39 Å². The Morgan fingerprint density at radius 3 is 2.77 bits per heavy atom.